The molecule has 0 spiro atoms. The molecule has 0 fully saturated rings. The quantitative estimate of drug-likeness (QED) is 0.646. The van der Waals surface area contributed by atoms with Gasteiger partial charge in [-0.1, -0.05) is 11.6 Å². The minimum atomic E-state index is -0.593. The van der Waals surface area contributed by atoms with Crippen molar-refractivity contribution < 1.29 is 9.72 Å². The fraction of sp³-hybridized carbons (Fsp3) is 0.0667. The predicted octanol–water partition coefficient (Wildman–Crippen LogP) is 3.17. The second-order valence-corrected chi connectivity index (χ2v) is 4.92. The third kappa shape index (κ3) is 4.43. The van der Waals surface area contributed by atoms with Crippen LogP contribution in [0.1, 0.15) is 5.56 Å². The number of anilines is 2. The molecule has 0 bridgehead atoms. The van der Waals surface area contributed by atoms with Crippen molar-refractivity contribution in [3.05, 3.63) is 63.2 Å². The molecule has 0 atom stereocenters. The Balaban J connectivity index is 1.95. The lowest BCUT2D eigenvalue weighted by atomic mass is 10.2. The van der Waals surface area contributed by atoms with Crippen LogP contribution in [0.15, 0.2) is 42.5 Å². The number of nitrogens with one attached hydrogen (secondary N) is 2. The third-order valence-corrected chi connectivity index (χ3v) is 3.21. The molecule has 8 heteroatoms. The van der Waals surface area contributed by atoms with E-state index < -0.39 is 4.92 Å². The Kier molecular flexibility index (Phi) is 5.12. The largest absolute Gasteiger partial charge is 0.376 e. The van der Waals surface area contributed by atoms with Gasteiger partial charge in [-0.05, 0) is 36.4 Å². The van der Waals surface area contributed by atoms with Gasteiger partial charge in [-0.25, -0.2) is 0 Å². The monoisotopic (exact) mass is 330 g/mol. The summed E-state index contributed by atoms with van der Waals surface area (Å²) >= 11 is 5.71. The molecular formula is C15H11ClN4O3. The second kappa shape index (κ2) is 7.24. The van der Waals surface area contributed by atoms with E-state index in [1.165, 1.54) is 12.1 Å². The molecule has 7 nitrogen and oxygen atoms in total. The Bertz CT molecular complexity index is 784. The Hall–Kier alpha value is -3.11. The maximum atomic E-state index is 11.8. The lowest BCUT2D eigenvalue weighted by Gasteiger charge is -2.08. The summed E-state index contributed by atoms with van der Waals surface area (Å²) in [6.07, 6.45) is 0. The first kappa shape index (κ1) is 16.3. The number of benzene rings is 2. The number of nitrogens with zero attached hydrogens (tertiary/aromatic N) is 2. The first-order valence-electron chi connectivity index (χ1n) is 6.47. The molecular weight excluding hydrogens is 320 g/mol. The van der Waals surface area contributed by atoms with Gasteiger partial charge in [-0.3, -0.25) is 14.9 Å². The highest BCUT2D eigenvalue weighted by Gasteiger charge is 2.13. The molecule has 0 radical (unpaired) electrons. The summed E-state index contributed by atoms with van der Waals surface area (Å²) in [4.78, 5) is 22.0. The zero-order valence-corrected chi connectivity index (χ0v) is 12.5. The fourth-order valence-electron chi connectivity index (χ4n) is 1.78. The molecule has 2 rings (SSSR count). The van der Waals surface area contributed by atoms with Crippen LogP contribution in [0.5, 0.6) is 0 Å². The molecule has 0 unspecified atom stereocenters. The summed E-state index contributed by atoms with van der Waals surface area (Å²) in [6.45, 7) is -0.0706. The molecule has 116 valence electrons. The van der Waals surface area contributed by atoms with Gasteiger partial charge in [0.2, 0.25) is 5.91 Å². The molecule has 0 aliphatic carbocycles. The van der Waals surface area contributed by atoms with Gasteiger partial charge >= 0.3 is 0 Å². The lowest BCUT2D eigenvalue weighted by molar-refractivity contribution is -0.384. The van der Waals surface area contributed by atoms with Crippen LogP contribution in [-0.4, -0.2) is 17.4 Å². The van der Waals surface area contributed by atoms with Gasteiger partial charge in [0.1, 0.15) is 5.02 Å². The maximum Gasteiger partial charge on any atom is 0.289 e. The molecule has 2 aromatic carbocycles. The standard InChI is InChI=1S/C15H11ClN4O3/c16-13-6-5-12(7-14(13)20(22)23)18-9-15(21)19-11-3-1-10(8-17)2-4-11/h1-7,18H,9H2,(H,19,21). The van der Waals surface area contributed by atoms with Gasteiger partial charge in [-0.2, -0.15) is 5.26 Å². The highest BCUT2D eigenvalue weighted by atomic mass is 35.5. The summed E-state index contributed by atoms with van der Waals surface area (Å²) in [6, 6.07) is 12.6. The number of carbonyl (C=O) groups is 1. The molecule has 0 heterocycles. The van der Waals surface area contributed by atoms with E-state index in [-0.39, 0.29) is 23.2 Å². The number of nitro groups is 1. The third-order valence-electron chi connectivity index (χ3n) is 2.89. The van der Waals surface area contributed by atoms with Crippen LogP contribution < -0.4 is 10.6 Å². The number of carbonyl (C=O) groups excluding carboxylic acids is 1. The minimum Gasteiger partial charge on any atom is -0.376 e. The van der Waals surface area contributed by atoms with Crippen LogP contribution in [0.4, 0.5) is 17.1 Å². The molecule has 0 saturated heterocycles. The highest BCUT2D eigenvalue weighted by Crippen LogP contribution is 2.27. The smallest absolute Gasteiger partial charge is 0.289 e. The zero-order chi connectivity index (χ0) is 16.8. The zero-order valence-electron chi connectivity index (χ0n) is 11.7. The lowest BCUT2D eigenvalue weighted by Crippen LogP contribution is -2.21. The van der Waals surface area contributed by atoms with Gasteiger partial charge in [0, 0.05) is 17.4 Å². The highest BCUT2D eigenvalue weighted by molar-refractivity contribution is 6.32. The Labute approximate surface area is 136 Å². The summed E-state index contributed by atoms with van der Waals surface area (Å²) in [5.41, 5.74) is 1.23. The van der Waals surface area contributed by atoms with Crippen LogP contribution >= 0.6 is 11.6 Å². The molecule has 0 aliphatic heterocycles. The van der Waals surface area contributed by atoms with E-state index in [0.29, 0.717) is 16.9 Å². The topological polar surface area (TPSA) is 108 Å². The molecule has 2 N–H and O–H groups in total. The van der Waals surface area contributed by atoms with E-state index in [0.717, 1.165) is 0 Å². The Morgan fingerprint density at radius 3 is 2.48 bits per heavy atom. The van der Waals surface area contributed by atoms with Crippen LogP contribution in [0, 0.1) is 21.4 Å². The summed E-state index contributed by atoms with van der Waals surface area (Å²) in [7, 11) is 0. The van der Waals surface area contributed by atoms with Crippen molar-refractivity contribution in [2.45, 2.75) is 0 Å². The van der Waals surface area contributed by atoms with Crippen LogP contribution in [0.25, 0.3) is 0 Å². The van der Waals surface area contributed by atoms with E-state index in [2.05, 4.69) is 10.6 Å². The number of halogens is 1. The van der Waals surface area contributed by atoms with Crippen molar-refractivity contribution in [1.82, 2.24) is 0 Å². The minimum absolute atomic E-state index is 0.0302. The number of rotatable bonds is 5. The average molecular weight is 331 g/mol. The summed E-state index contributed by atoms with van der Waals surface area (Å²) < 4.78 is 0. The normalized spacial score (nSPS) is 9.74. The van der Waals surface area contributed by atoms with Crippen LogP contribution in [-0.2, 0) is 4.79 Å². The average Bonchev–Trinajstić information content (AvgIpc) is 2.54. The van der Waals surface area contributed by atoms with Gasteiger partial charge < -0.3 is 10.6 Å². The molecule has 23 heavy (non-hydrogen) atoms. The summed E-state index contributed by atoms with van der Waals surface area (Å²) in [5.74, 6) is -0.327. The first-order chi connectivity index (χ1) is 11.0. The first-order valence-corrected chi connectivity index (χ1v) is 6.85. The molecule has 0 aromatic heterocycles. The van der Waals surface area contributed by atoms with E-state index in [9.17, 15) is 14.9 Å². The number of nitro benzene ring substituents is 1. The SMILES string of the molecule is N#Cc1ccc(NC(=O)CNc2ccc(Cl)c([N+](=O)[O-])c2)cc1. The number of amides is 1. The molecule has 2 aromatic rings. The molecule has 1 amide bonds. The van der Waals surface area contributed by atoms with Gasteiger partial charge in [0.05, 0.1) is 23.1 Å². The van der Waals surface area contributed by atoms with Crippen LogP contribution in [0.2, 0.25) is 5.02 Å². The van der Waals surface area contributed by atoms with Crippen molar-refractivity contribution in [3.63, 3.8) is 0 Å². The van der Waals surface area contributed by atoms with Crippen molar-refractivity contribution in [3.8, 4) is 6.07 Å². The molecule has 0 aliphatic rings. The second-order valence-electron chi connectivity index (χ2n) is 4.51. The van der Waals surface area contributed by atoms with Gasteiger partial charge in [0.15, 0.2) is 0 Å². The van der Waals surface area contributed by atoms with E-state index >= 15 is 0 Å². The predicted molar refractivity (Wildman–Crippen MR) is 86.4 cm³/mol. The number of hydrogen-bond acceptors (Lipinski definition) is 5. The van der Waals surface area contributed by atoms with E-state index in [1.54, 1.807) is 30.3 Å². The Morgan fingerprint density at radius 2 is 1.87 bits per heavy atom. The molecule has 0 saturated carbocycles. The fourth-order valence-corrected chi connectivity index (χ4v) is 1.96. The van der Waals surface area contributed by atoms with Gasteiger partial charge in [0.25, 0.3) is 5.69 Å². The van der Waals surface area contributed by atoms with Crippen molar-refractivity contribution >= 4 is 34.6 Å². The number of hydrogen-bond donors (Lipinski definition) is 2. The van der Waals surface area contributed by atoms with Crippen LogP contribution in [0.3, 0.4) is 0 Å². The van der Waals surface area contributed by atoms with Crippen molar-refractivity contribution in [1.29, 1.82) is 5.26 Å². The Morgan fingerprint density at radius 1 is 1.22 bits per heavy atom. The number of nitriles is 1. The van der Waals surface area contributed by atoms with E-state index in [1.807, 2.05) is 6.07 Å². The maximum absolute atomic E-state index is 11.8. The summed E-state index contributed by atoms with van der Waals surface area (Å²) in [5, 5.41) is 24.9. The van der Waals surface area contributed by atoms with Crippen molar-refractivity contribution in [2.75, 3.05) is 17.2 Å². The van der Waals surface area contributed by atoms with Gasteiger partial charge in [-0.15, -0.1) is 0 Å². The van der Waals surface area contributed by atoms with Crippen molar-refractivity contribution in [2.24, 2.45) is 0 Å². The van der Waals surface area contributed by atoms with E-state index in [4.69, 9.17) is 16.9 Å².